The van der Waals surface area contributed by atoms with E-state index in [-0.39, 0.29) is 30.2 Å². The van der Waals surface area contributed by atoms with Gasteiger partial charge in [0.2, 0.25) is 0 Å². The average Bonchev–Trinajstić information content (AvgIpc) is 3.32. The van der Waals surface area contributed by atoms with Crippen LogP contribution in [0.15, 0.2) is 85.0 Å². The van der Waals surface area contributed by atoms with E-state index >= 15 is 0 Å². The van der Waals surface area contributed by atoms with E-state index in [9.17, 15) is 0 Å². The van der Waals surface area contributed by atoms with Gasteiger partial charge in [0.25, 0.3) is 0 Å². The normalized spacial score (nSPS) is 11.1. The number of rotatable bonds is 0. The summed E-state index contributed by atoms with van der Waals surface area (Å²) in [7, 11) is 0. The molecule has 5 rings (SSSR count). The van der Waals surface area contributed by atoms with Crippen LogP contribution < -0.4 is 24.8 Å². The maximum absolute atomic E-state index is 2.99. The van der Waals surface area contributed by atoms with Crippen LogP contribution in [0, 0.1) is 6.08 Å². The Bertz CT molecular complexity index is 1100. The van der Waals surface area contributed by atoms with E-state index in [1.54, 1.807) is 23.3 Å². The fourth-order valence-corrected chi connectivity index (χ4v) is 3.05. The first-order valence-electron chi connectivity index (χ1n) is 8.86. The number of halogens is 2. The van der Waals surface area contributed by atoms with Gasteiger partial charge in [-0.15, -0.1) is 40.1 Å². The summed E-state index contributed by atoms with van der Waals surface area (Å²) in [4.78, 5) is 0. The van der Waals surface area contributed by atoms with E-state index < -0.39 is 0 Å². The zero-order chi connectivity index (χ0) is 18.4. The number of hydrogen-bond donors (Lipinski definition) is 0. The Balaban J connectivity index is 0.000000302. The molecule has 0 amide bonds. The Morgan fingerprint density at radius 3 is 2.11 bits per heavy atom. The van der Waals surface area contributed by atoms with E-state index in [2.05, 4.69) is 92.0 Å². The molecule has 0 aliphatic heterocycles. The van der Waals surface area contributed by atoms with Crippen LogP contribution in [0.5, 0.6) is 0 Å². The molecule has 0 saturated heterocycles. The number of hydrogen-bond acceptors (Lipinski definition) is 0. The van der Waals surface area contributed by atoms with Crippen LogP contribution in [0.4, 0.5) is 0 Å². The predicted octanol–water partition coefficient (Wildman–Crippen LogP) is 0.963. The van der Waals surface area contributed by atoms with Crippen molar-refractivity contribution < 1.29 is 48.1 Å². The van der Waals surface area contributed by atoms with E-state index in [0.717, 1.165) is 6.42 Å². The molecule has 28 heavy (non-hydrogen) atoms. The molecule has 0 bridgehead atoms. The molecule has 142 valence electrons. The summed E-state index contributed by atoms with van der Waals surface area (Å²) >= 11 is 1.74. The summed E-state index contributed by atoms with van der Waals surface area (Å²) in [6.45, 7) is 4.62. The van der Waals surface area contributed by atoms with Crippen molar-refractivity contribution in [2.75, 3.05) is 0 Å². The Hall–Kier alpha value is -1.05. The third-order valence-corrected chi connectivity index (χ3v) is 4.11. The molecule has 0 radical (unpaired) electrons. The Labute approximate surface area is 195 Å². The molecule has 0 aromatic heterocycles. The first kappa shape index (κ1) is 25.0. The summed E-state index contributed by atoms with van der Waals surface area (Å²) in [5.41, 5.74) is 0.210. The second kappa shape index (κ2) is 12.5. The Kier molecular flexibility index (Phi) is 11.2. The number of benzene rings is 3. The molecule has 0 N–H and O–H groups in total. The Morgan fingerprint density at radius 2 is 1.50 bits per heavy atom. The monoisotopic (exact) mass is 498 g/mol. The molecule has 0 atom stereocenters. The summed E-state index contributed by atoms with van der Waals surface area (Å²) in [5.74, 6) is 0. The maximum atomic E-state index is 2.99. The largest absolute Gasteiger partial charge is 1.00 e. The van der Waals surface area contributed by atoms with Crippen LogP contribution in [0.3, 0.4) is 0 Å². The quantitative estimate of drug-likeness (QED) is 0.249. The van der Waals surface area contributed by atoms with Gasteiger partial charge >= 0.3 is 41.9 Å². The SMILES string of the molecule is C[Si](C)=[Zr+2].[C-]1=CC=CC1.[Cl-].[Cl-].c1ccc2c(c1)ccc1c3ccccc3[cH-]c21. The molecule has 1 aliphatic carbocycles. The second-order valence-electron chi connectivity index (χ2n) is 6.48. The fourth-order valence-electron chi connectivity index (χ4n) is 3.05. The van der Waals surface area contributed by atoms with Crippen molar-refractivity contribution in [3.05, 3.63) is 91.0 Å². The molecule has 1 aliphatic rings. The molecule has 0 heterocycles. The van der Waals surface area contributed by atoms with Crippen molar-refractivity contribution in [1.29, 1.82) is 0 Å². The predicted molar refractivity (Wildman–Crippen MR) is 114 cm³/mol. The summed E-state index contributed by atoms with van der Waals surface area (Å²) in [6, 6.07) is 23.9. The average molecular weight is 501 g/mol. The van der Waals surface area contributed by atoms with Crippen molar-refractivity contribution in [3.8, 4) is 0 Å². The van der Waals surface area contributed by atoms with Gasteiger partial charge in [-0.2, -0.15) is 6.08 Å². The van der Waals surface area contributed by atoms with Crippen LogP contribution in [0.25, 0.3) is 32.3 Å². The molecular weight excluding hydrogens is 478 g/mol. The minimum absolute atomic E-state index is 0. The maximum Gasteiger partial charge on any atom is -0.0520 e. The molecule has 0 saturated carbocycles. The van der Waals surface area contributed by atoms with E-state index in [1.165, 1.54) is 32.3 Å². The van der Waals surface area contributed by atoms with Crippen molar-refractivity contribution >= 4 is 37.8 Å². The molecule has 0 fully saturated rings. The third kappa shape index (κ3) is 6.49. The first-order valence-corrected chi connectivity index (χ1v) is 15.0. The molecule has 0 unspecified atom stereocenters. The van der Waals surface area contributed by atoms with Gasteiger partial charge in [-0.25, -0.2) is 12.2 Å². The molecule has 0 nitrogen and oxygen atoms in total. The molecule has 4 aromatic rings. The topological polar surface area (TPSA) is 0 Å². The van der Waals surface area contributed by atoms with Crippen molar-refractivity contribution in [2.45, 2.75) is 19.5 Å². The molecular formula is C24H22Cl2SiZr-2. The Morgan fingerprint density at radius 1 is 0.857 bits per heavy atom. The number of fused-ring (bicyclic) bond motifs is 5. The van der Waals surface area contributed by atoms with Gasteiger partial charge in [0.05, 0.1) is 0 Å². The van der Waals surface area contributed by atoms with Gasteiger partial charge in [-0.3, -0.25) is 6.08 Å². The summed E-state index contributed by atoms with van der Waals surface area (Å²) in [5, 5.41) is 8.08. The molecule has 4 aromatic carbocycles. The van der Waals surface area contributed by atoms with E-state index in [0.29, 0.717) is 0 Å². The van der Waals surface area contributed by atoms with Crippen LogP contribution in [0.2, 0.25) is 13.1 Å². The van der Waals surface area contributed by atoms with Crippen molar-refractivity contribution in [3.63, 3.8) is 0 Å². The van der Waals surface area contributed by atoms with Crippen LogP contribution in [-0.2, 0) is 23.3 Å². The van der Waals surface area contributed by atoms with Gasteiger partial charge in [-0.1, -0.05) is 65.4 Å². The van der Waals surface area contributed by atoms with Crippen molar-refractivity contribution in [2.24, 2.45) is 0 Å². The molecule has 4 heteroatoms. The van der Waals surface area contributed by atoms with Gasteiger partial charge in [0.1, 0.15) is 0 Å². The summed E-state index contributed by atoms with van der Waals surface area (Å²) < 4.78 is 0. The van der Waals surface area contributed by atoms with Crippen LogP contribution in [-0.4, -0.2) is 5.43 Å². The van der Waals surface area contributed by atoms with Crippen LogP contribution in [0.1, 0.15) is 6.42 Å². The van der Waals surface area contributed by atoms with Gasteiger partial charge in [0, 0.05) is 0 Å². The minimum Gasteiger partial charge on any atom is -1.00 e. The standard InChI is InChI=1S/C17H11.C5H5.C2H6Si.2ClH.Zr/c1-3-7-14-12(5-1)9-10-16-15-8-4-2-6-13(15)11-17(14)16;1-2-4-5-3-1;1-3-2;;;/h1-11H;1-3H,4H2;1-2H3;2*1H;/q2*-1;;;;+2/p-2. The first-order chi connectivity index (χ1) is 12.7. The van der Waals surface area contributed by atoms with Crippen LogP contribution >= 0.6 is 0 Å². The molecule has 0 spiro atoms. The van der Waals surface area contributed by atoms with Gasteiger partial charge in [-0.05, 0) is 0 Å². The smallest absolute Gasteiger partial charge is 0.0520 e. The second-order valence-corrected chi connectivity index (χ2v) is 15.9. The minimum atomic E-state index is 0. The van der Waals surface area contributed by atoms with Crippen molar-refractivity contribution in [1.82, 2.24) is 0 Å². The van der Waals surface area contributed by atoms with E-state index in [4.69, 9.17) is 0 Å². The third-order valence-electron chi connectivity index (χ3n) is 4.11. The summed E-state index contributed by atoms with van der Waals surface area (Å²) in [6.07, 6.45) is 10.0. The zero-order valence-corrected chi connectivity index (χ0v) is 21.0. The van der Waals surface area contributed by atoms with Gasteiger partial charge < -0.3 is 24.8 Å². The fraction of sp³-hybridized carbons (Fsp3) is 0.125. The van der Waals surface area contributed by atoms with E-state index in [1.807, 2.05) is 12.2 Å². The van der Waals surface area contributed by atoms with Gasteiger partial charge in [0.15, 0.2) is 0 Å². The zero-order valence-electron chi connectivity index (χ0n) is 16.0. The number of allylic oxidation sites excluding steroid dienone is 4.